The van der Waals surface area contributed by atoms with Crippen molar-refractivity contribution in [2.45, 2.75) is 26.2 Å². The van der Waals surface area contributed by atoms with E-state index in [-0.39, 0.29) is 11.5 Å². The minimum Gasteiger partial charge on any atom is -0.381 e. The second kappa shape index (κ2) is 7.72. The molecule has 2 rings (SSSR count). The molecule has 1 aromatic heterocycles. The lowest BCUT2D eigenvalue weighted by atomic mass is 10.1. The SMILES string of the molecule is CCCNc1ncc([N+](=O)[O-])c(NCCC2CCOC2)n1. The van der Waals surface area contributed by atoms with Crippen LogP contribution in [0.1, 0.15) is 26.2 Å². The van der Waals surface area contributed by atoms with Gasteiger partial charge in [0.2, 0.25) is 11.8 Å². The minimum absolute atomic E-state index is 0.0975. The molecule has 1 unspecified atom stereocenters. The number of nitro groups is 1. The van der Waals surface area contributed by atoms with E-state index in [1.54, 1.807) is 0 Å². The Morgan fingerprint density at radius 1 is 1.48 bits per heavy atom. The first-order valence-electron chi connectivity index (χ1n) is 7.27. The van der Waals surface area contributed by atoms with Gasteiger partial charge in [-0.1, -0.05) is 6.92 Å². The molecule has 0 bridgehead atoms. The maximum atomic E-state index is 11.0. The molecule has 8 heteroatoms. The second-order valence-electron chi connectivity index (χ2n) is 5.06. The summed E-state index contributed by atoms with van der Waals surface area (Å²) in [6.45, 7) is 4.98. The van der Waals surface area contributed by atoms with Crippen LogP contribution in [0.25, 0.3) is 0 Å². The van der Waals surface area contributed by atoms with Crippen molar-refractivity contribution in [3.8, 4) is 0 Å². The number of ether oxygens (including phenoxy) is 1. The Bertz CT molecular complexity index is 477. The number of hydrogen-bond acceptors (Lipinski definition) is 7. The molecular weight excluding hydrogens is 274 g/mol. The van der Waals surface area contributed by atoms with Crippen LogP contribution < -0.4 is 10.6 Å². The zero-order valence-electron chi connectivity index (χ0n) is 12.2. The van der Waals surface area contributed by atoms with Gasteiger partial charge in [-0.05, 0) is 25.2 Å². The first-order valence-corrected chi connectivity index (χ1v) is 7.27. The highest BCUT2D eigenvalue weighted by Gasteiger charge is 2.19. The average Bonchev–Trinajstić information content (AvgIpc) is 2.98. The molecule has 116 valence electrons. The van der Waals surface area contributed by atoms with Gasteiger partial charge in [0.15, 0.2) is 0 Å². The molecule has 0 radical (unpaired) electrons. The van der Waals surface area contributed by atoms with E-state index in [1.807, 2.05) is 6.92 Å². The van der Waals surface area contributed by atoms with Gasteiger partial charge in [0, 0.05) is 26.3 Å². The predicted molar refractivity (Wildman–Crippen MR) is 79.5 cm³/mol. The Hall–Kier alpha value is -1.96. The highest BCUT2D eigenvalue weighted by atomic mass is 16.6. The van der Waals surface area contributed by atoms with Crippen LogP contribution in [0.5, 0.6) is 0 Å². The average molecular weight is 295 g/mol. The van der Waals surface area contributed by atoms with Gasteiger partial charge in [0.05, 0.1) is 4.92 Å². The van der Waals surface area contributed by atoms with E-state index in [2.05, 4.69) is 20.6 Å². The number of anilines is 2. The van der Waals surface area contributed by atoms with Gasteiger partial charge in [-0.25, -0.2) is 4.98 Å². The zero-order chi connectivity index (χ0) is 15.1. The molecule has 0 spiro atoms. The summed E-state index contributed by atoms with van der Waals surface area (Å²) in [7, 11) is 0. The number of nitrogens with zero attached hydrogens (tertiary/aromatic N) is 3. The van der Waals surface area contributed by atoms with E-state index in [0.717, 1.165) is 39.0 Å². The molecule has 2 heterocycles. The van der Waals surface area contributed by atoms with Gasteiger partial charge in [0.25, 0.3) is 0 Å². The molecule has 1 aliphatic heterocycles. The number of aromatic nitrogens is 2. The van der Waals surface area contributed by atoms with E-state index in [9.17, 15) is 10.1 Å². The van der Waals surface area contributed by atoms with Crippen LogP contribution >= 0.6 is 0 Å². The largest absolute Gasteiger partial charge is 0.381 e. The van der Waals surface area contributed by atoms with E-state index >= 15 is 0 Å². The zero-order valence-corrected chi connectivity index (χ0v) is 12.2. The van der Waals surface area contributed by atoms with Crippen LogP contribution in [0.3, 0.4) is 0 Å². The lowest BCUT2D eigenvalue weighted by Gasteiger charge is -2.10. The Morgan fingerprint density at radius 3 is 3.00 bits per heavy atom. The molecule has 2 N–H and O–H groups in total. The van der Waals surface area contributed by atoms with E-state index in [0.29, 0.717) is 18.4 Å². The van der Waals surface area contributed by atoms with Crippen molar-refractivity contribution < 1.29 is 9.66 Å². The highest BCUT2D eigenvalue weighted by Crippen LogP contribution is 2.23. The summed E-state index contributed by atoms with van der Waals surface area (Å²) < 4.78 is 5.31. The van der Waals surface area contributed by atoms with Crippen LogP contribution in [-0.2, 0) is 4.74 Å². The number of rotatable bonds is 8. The van der Waals surface area contributed by atoms with Crippen molar-refractivity contribution in [1.82, 2.24) is 9.97 Å². The monoisotopic (exact) mass is 295 g/mol. The van der Waals surface area contributed by atoms with Crippen molar-refractivity contribution in [2.75, 3.05) is 36.9 Å². The normalized spacial score (nSPS) is 17.7. The molecule has 1 fully saturated rings. The summed E-state index contributed by atoms with van der Waals surface area (Å²) in [5.41, 5.74) is -0.0975. The fourth-order valence-corrected chi connectivity index (χ4v) is 2.17. The first kappa shape index (κ1) is 15.4. The van der Waals surface area contributed by atoms with E-state index in [1.165, 1.54) is 6.20 Å². The summed E-state index contributed by atoms with van der Waals surface area (Å²) in [6, 6.07) is 0. The standard InChI is InChI=1S/C13H21N5O3/c1-2-5-15-13-16-8-11(18(19)20)12(17-13)14-6-3-10-4-7-21-9-10/h8,10H,2-7,9H2,1H3,(H2,14,15,16,17). The second-order valence-corrected chi connectivity index (χ2v) is 5.06. The van der Waals surface area contributed by atoms with Crippen molar-refractivity contribution in [1.29, 1.82) is 0 Å². The summed E-state index contributed by atoms with van der Waals surface area (Å²) in [4.78, 5) is 18.7. The third kappa shape index (κ3) is 4.52. The molecule has 8 nitrogen and oxygen atoms in total. The van der Waals surface area contributed by atoms with Gasteiger partial charge in [0.1, 0.15) is 6.20 Å². The third-order valence-electron chi connectivity index (χ3n) is 3.37. The van der Waals surface area contributed by atoms with Crippen LogP contribution in [0.15, 0.2) is 6.20 Å². The van der Waals surface area contributed by atoms with Crippen molar-refractivity contribution in [2.24, 2.45) is 5.92 Å². The molecule has 1 aromatic rings. The lowest BCUT2D eigenvalue weighted by Crippen LogP contribution is -2.13. The smallest absolute Gasteiger partial charge is 0.329 e. The predicted octanol–water partition coefficient (Wildman–Crippen LogP) is 2.05. The van der Waals surface area contributed by atoms with Crippen molar-refractivity contribution >= 4 is 17.5 Å². The molecule has 0 amide bonds. The van der Waals surface area contributed by atoms with Gasteiger partial charge in [-0.3, -0.25) is 10.1 Å². The quantitative estimate of drug-likeness (QED) is 0.559. The molecule has 0 aliphatic carbocycles. The summed E-state index contributed by atoms with van der Waals surface area (Å²) in [5.74, 6) is 1.21. The third-order valence-corrected chi connectivity index (χ3v) is 3.37. The summed E-state index contributed by atoms with van der Waals surface area (Å²) in [5, 5.41) is 17.1. The maximum absolute atomic E-state index is 11.0. The van der Waals surface area contributed by atoms with E-state index < -0.39 is 4.92 Å². The molecule has 21 heavy (non-hydrogen) atoms. The van der Waals surface area contributed by atoms with E-state index in [4.69, 9.17) is 4.74 Å². The summed E-state index contributed by atoms with van der Waals surface area (Å²) in [6.07, 6.45) is 4.15. The van der Waals surface area contributed by atoms with Crippen molar-refractivity contribution in [3.63, 3.8) is 0 Å². The molecule has 1 aliphatic rings. The van der Waals surface area contributed by atoms with Crippen LogP contribution in [-0.4, -0.2) is 41.2 Å². The fourth-order valence-electron chi connectivity index (χ4n) is 2.17. The lowest BCUT2D eigenvalue weighted by molar-refractivity contribution is -0.384. The van der Waals surface area contributed by atoms with Gasteiger partial charge in [-0.2, -0.15) is 4.98 Å². The van der Waals surface area contributed by atoms with Crippen LogP contribution in [0.4, 0.5) is 17.5 Å². The van der Waals surface area contributed by atoms with Gasteiger partial charge in [-0.15, -0.1) is 0 Å². The Morgan fingerprint density at radius 2 is 2.33 bits per heavy atom. The number of nitrogens with one attached hydrogen (secondary N) is 2. The van der Waals surface area contributed by atoms with Crippen LogP contribution in [0.2, 0.25) is 0 Å². The van der Waals surface area contributed by atoms with Crippen LogP contribution in [0, 0.1) is 16.0 Å². The Kier molecular flexibility index (Phi) is 5.68. The molecule has 0 aromatic carbocycles. The fraction of sp³-hybridized carbons (Fsp3) is 0.692. The highest BCUT2D eigenvalue weighted by molar-refractivity contribution is 5.56. The minimum atomic E-state index is -0.468. The molecule has 1 saturated heterocycles. The molecular formula is C13H21N5O3. The molecule has 0 saturated carbocycles. The van der Waals surface area contributed by atoms with Crippen molar-refractivity contribution in [3.05, 3.63) is 16.3 Å². The van der Waals surface area contributed by atoms with Gasteiger partial charge >= 0.3 is 5.69 Å². The first-order chi connectivity index (χ1) is 10.2. The maximum Gasteiger partial charge on any atom is 0.329 e. The Balaban J connectivity index is 1.97. The number of hydrogen-bond donors (Lipinski definition) is 2. The Labute approximate surface area is 123 Å². The molecule has 1 atom stereocenters. The topological polar surface area (TPSA) is 102 Å². The van der Waals surface area contributed by atoms with Gasteiger partial charge < -0.3 is 15.4 Å². The summed E-state index contributed by atoms with van der Waals surface area (Å²) >= 11 is 0.